The van der Waals surface area contributed by atoms with Crippen molar-refractivity contribution in [1.82, 2.24) is 10.2 Å². The SMILES string of the molecule is CCC(C)NCCN(C)C1CCS(=O)(=O)C1. The van der Waals surface area contributed by atoms with Crippen molar-refractivity contribution in [2.45, 2.75) is 38.8 Å². The van der Waals surface area contributed by atoms with Crippen molar-refractivity contribution in [3.8, 4) is 0 Å². The molecule has 4 nitrogen and oxygen atoms in total. The van der Waals surface area contributed by atoms with Gasteiger partial charge in [-0.05, 0) is 26.8 Å². The van der Waals surface area contributed by atoms with Gasteiger partial charge in [0.25, 0.3) is 0 Å². The molecule has 2 unspecified atom stereocenters. The highest BCUT2D eigenvalue weighted by Crippen LogP contribution is 2.15. The maximum Gasteiger partial charge on any atom is 0.151 e. The standard InChI is InChI=1S/C11H24N2O2S/c1-4-10(2)12-6-7-13(3)11-5-8-16(14,15)9-11/h10-12H,4-9H2,1-3H3. The zero-order valence-corrected chi connectivity index (χ0v) is 11.4. The van der Waals surface area contributed by atoms with Crippen LogP contribution in [0.25, 0.3) is 0 Å². The Hall–Kier alpha value is -0.130. The molecule has 0 radical (unpaired) electrons. The van der Waals surface area contributed by atoms with Gasteiger partial charge in [-0.25, -0.2) is 8.42 Å². The Morgan fingerprint density at radius 2 is 2.19 bits per heavy atom. The zero-order valence-electron chi connectivity index (χ0n) is 10.6. The summed E-state index contributed by atoms with van der Waals surface area (Å²) in [4.78, 5) is 2.17. The highest BCUT2D eigenvalue weighted by Gasteiger charge is 2.30. The molecule has 0 spiro atoms. The molecule has 0 aromatic rings. The third-order valence-electron chi connectivity index (χ3n) is 3.40. The minimum Gasteiger partial charge on any atom is -0.313 e. The van der Waals surface area contributed by atoms with Gasteiger partial charge in [0, 0.05) is 25.2 Å². The number of nitrogens with one attached hydrogen (secondary N) is 1. The average Bonchev–Trinajstić information content (AvgIpc) is 2.58. The molecule has 16 heavy (non-hydrogen) atoms. The Bertz CT molecular complexity index is 303. The van der Waals surface area contributed by atoms with Crippen molar-refractivity contribution >= 4 is 9.84 Å². The summed E-state index contributed by atoms with van der Waals surface area (Å²) in [7, 11) is -0.731. The monoisotopic (exact) mass is 248 g/mol. The molecular weight excluding hydrogens is 224 g/mol. The predicted octanol–water partition coefficient (Wildman–Crippen LogP) is 0.493. The Balaban J connectivity index is 2.23. The first-order valence-electron chi connectivity index (χ1n) is 6.08. The zero-order chi connectivity index (χ0) is 12.2. The van der Waals surface area contributed by atoms with E-state index in [0.29, 0.717) is 17.5 Å². The molecule has 1 rings (SSSR count). The third kappa shape index (κ3) is 4.39. The highest BCUT2D eigenvalue weighted by molar-refractivity contribution is 7.91. The second-order valence-electron chi connectivity index (χ2n) is 4.80. The largest absolute Gasteiger partial charge is 0.313 e. The van der Waals surface area contributed by atoms with E-state index >= 15 is 0 Å². The quantitative estimate of drug-likeness (QED) is 0.743. The first kappa shape index (κ1) is 13.9. The number of likely N-dealkylation sites (N-methyl/N-ethyl adjacent to an activating group) is 1. The van der Waals surface area contributed by atoms with Gasteiger partial charge < -0.3 is 10.2 Å². The number of hydrogen-bond acceptors (Lipinski definition) is 4. The summed E-state index contributed by atoms with van der Waals surface area (Å²) in [5, 5.41) is 3.42. The Morgan fingerprint density at radius 1 is 1.50 bits per heavy atom. The molecule has 5 heteroatoms. The van der Waals surface area contributed by atoms with Gasteiger partial charge in [-0.15, -0.1) is 0 Å². The smallest absolute Gasteiger partial charge is 0.151 e. The van der Waals surface area contributed by atoms with Crippen LogP contribution in [0.3, 0.4) is 0 Å². The molecule has 2 atom stereocenters. The van der Waals surface area contributed by atoms with E-state index in [0.717, 1.165) is 25.9 Å². The molecule has 0 bridgehead atoms. The molecule has 0 aliphatic carbocycles. The first-order valence-corrected chi connectivity index (χ1v) is 7.91. The van der Waals surface area contributed by atoms with E-state index in [1.165, 1.54) is 0 Å². The van der Waals surface area contributed by atoms with Crippen LogP contribution in [0.15, 0.2) is 0 Å². The lowest BCUT2D eigenvalue weighted by Gasteiger charge is -2.24. The fourth-order valence-electron chi connectivity index (χ4n) is 1.94. The van der Waals surface area contributed by atoms with Gasteiger partial charge in [0.15, 0.2) is 9.84 Å². The van der Waals surface area contributed by atoms with Crippen LogP contribution in [0.4, 0.5) is 0 Å². The molecule has 1 aliphatic heterocycles. The number of sulfone groups is 1. The van der Waals surface area contributed by atoms with Crippen molar-refractivity contribution in [3.05, 3.63) is 0 Å². The molecule has 1 fully saturated rings. The number of rotatable bonds is 6. The predicted molar refractivity (Wildman–Crippen MR) is 67.4 cm³/mol. The van der Waals surface area contributed by atoms with Crippen LogP contribution in [0.1, 0.15) is 26.7 Å². The summed E-state index contributed by atoms with van der Waals surface area (Å²) in [5.41, 5.74) is 0. The molecule has 96 valence electrons. The second-order valence-corrected chi connectivity index (χ2v) is 7.03. The van der Waals surface area contributed by atoms with E-state index in [9.17, 15) is 8.42 Å². The topological polar surface area (TPSA) is 49.4 Å². The van der Waals surface area contributed by atoms with Crippen LogP contribution in [-0.2, 0) is 9.84 Å². The van der Waals surface area contributed by atoms with E-state index in [1.807, 2.05) is 7.05 Å². The van der Waals surface area contributed by atoms with E-state index in [1.54, 1.807) is 0 Å². The normalized spacial score (nSPS) is 26.1. The molecule has 1 N–H and O–H groups in total. The summed E-state index contributed by atoms with van der Waals surface area (Å²) in [6.07, 6.45) is 1.92. The van der Waals surface area contributed by atoms with Gasteiger partial charge in [-0.3, -0.25) is 0 Å². The summed E-state index contributed by atoms with van der Waals surface area (Å²) >= 11 is 0. The van der Waals surface area contributed by atoms with Gasteiger partial charge in [-0.2, -0.15) is 0 Å². The fourth-order valence-corrected chi connectivity index (χ4v) is 3.74. The number of nitrogens with zero attached hydrogens (tertiary/aromatic N) is 1. The van der Waals surface area contributed by atoms with Crippen LogP contribution < -0.4 is 5.32 Å². The van der Waals surface area contributed by atoms with Crippen molar-refractivity contribution in [3.63, 3.8) is 0 Å². The van der Waals surface area contributed by atoms with Crippen molar-refractivity contribution in [2.24, 2.45) is 0 Å². The molecular formula is C11H24N2O2S. The highest BCUT2D eigenvalue weighted by atomic mass is 32.2. The van der Waals surface area contributed by atoms with Crippen molar-refractivity contribution < 1.29 is 8.42 Å². The van der Waals surface area contributed by atoms with E-state index < -0.39 is 9.84 Å². The third-order valence-corrected chi connectivity index (χ3v) is 5.15. The van der Waals surface area contributed by atoms with Gasteiger partial charge in [0.05, 0.1) is 11.5 Å². The molecule has 0 aromatic heterocycles. The van der Waals surface area contributed by atoms with Gasteiger partial charge in [0.2, 0.25) is 0 Å². The molecule has 1 heterocycles. The lowest BCUT2D eigenvalue weighted by molar-refractivity contribution is 0.258. The lowest BCUT2D eigenvalue weighted by atomic mass is 10.2. The van der Waals surface area contributed by atoms with Crippen molar-refractivity contribution in [2.75, 3.05) is 31.6 Å². The Kier molecular flexibility index (Phi) is 5.21. The van der Waals surface area contributed by atoms with Crippen LogP contribution in [0.5, 0.6) is 0 Å². The van der Waals surface area contributed by atoms with Crippen LogP contribution in [0.2, 0.25) is 0 Å². The van der Waals surface area contributed by atoms with E-state index in [2.05, 4.69) is 24.1 Å². The minimum absolute atomic E-state index is 0.226. The van der Waals surface area contributed by atoms with E-state index in [-0.39, 0.29) is 6.04 Å². The minimum atomic E-state index is -2.75. The van der Waals surface area contributed by atoms with E-state index in [4.69, 9.17) is 0 Å². The molecule has 1 saturated heterocycles. The summed E-state index contributed by atoms with van der Waals surface area (Å²) in [6.45, 7) is 6.18. The fraction of sp³-hybridized carbons (Fsp3) is 1.00. The molecule has 0 aromatic carbocycles. The molecule has 0 amide bonds. The Morgan fingerprint density at radius 3 is 2.69 bits per heavy atom. The van der Waals surface area contributed by atoms with Gasteiger partial charge in [0.1, 0.15) is 0 Å². The van der Waals surface area contributed by atoms with Crippen LogP contribution in [-0.4, -0.2) is 57.0 Å². The summed E-state index contributed by atoms with van der Waals surface area (Å²) in [6, 6.07) is 0.768. The van der Waals surface area contributed by atoms with Gasteiger partial charge >= 0.3 is 0 Å². The average molecular weight is 248 g/mol. The molecule has 0 saturated carbocycles. The van der Waals surface area contributed by atoms with Crippen LogP contribution in [0, 0.1) is 0 Å². The molecule has 1 aliphatic rings. The summed E-state index contributed by atoms with van der Waals surface area (Å²) in [5.74, 6) is 0.702. The lowest BCUT2D eigenvalue weighted by Crippen LogP contribution is -2.39. The maximum absolute atomic E-state index is 11.3. The summed E-state index contributed by atoms with van der Waals surface area (Å²) < 4.78 is 22.7. The maximum atomic E-state index is 11.3. The van der Waals surface area contributed by atoms with Crippen LogP contribution >= 0.6 is 0 Å². The number of hydrogen-bond donors (Lipinski definition) is 1. The Labute approximate surface area is 99.3 Å². The first-order chi connectivity index (χ1) is 7.44. The second kappa shape index (κ2) is 5.98. The van der Waals surface area contributed by atoms with Crippen molar-refractivity contribution in [1.29, 1.82) is 0 Å². The van der Waals surface area contributed by atoms with Gasteiger partial charge in [-0.1, -0.05) is 6.92 Å².